The van der Waals surface area contributed by atoms with E-state index in [2.05, 4.69) is 17.1 Å². The number of hydrogen-bond acceptors (Lipinski definition) is 2. The van der Waals surface area contributed by atoms with Crippen LogP contribution in [0.2, 0.25) is 0 Å². The Morgan fingerprint density at radius 3 is 2.48 bits per heavy atom. The van der Waals surface area contributed by atoms with E-state index in [-0.39, 0.29) is 0 Å². The fourth-order valence-corrected chi connectivity index (χ4v) is 3.79. The van der Waals surface area contributed by atoms with Gasteiger partial charge in [0.05, 0.1) is 0 Å². The van der Waals surface area contributed by atoms with E-state index < -0.39 is 0 Å². The normalized spacial score (nSPS) is 24.0. The Hall–Kier alpha value is -0.570. The molecule has 21 heavy (non-hydrogen) atoms. The molecule has 1 amide bonds. The van der Waals surface area contributed by atoms with Crippen LogP contribution in [-0.2, 0) is 4.79 Å². The van der Waals surface area contributed by atoms with Gasteiger partial charge in [0.15, 0.2) is 0 Å². The van der Waals surface area contributed by atoms with Gasteiger partial charge in [0.1, 0.15) is 0 Å². The van der Waals surface area contributed by atoms with Crippen LogP contribution in [0.4, 0.5) is 0 Å². The zero-order valence-corrected chi connectivity index (χ0v) is 13.9. The smallest absolute Gasteiger partial charge is 0.222 e. The molecule has 2 fully saturated rings. The Balaban J connectivity index is 1.82. The lowest BCUT2D eigenvalue weighted by atomic mass is 9.96. The third kappa shape index (κ3) is 5.98. The van der Waals surface area contributed by atoms with Crippen molar-refractivity contribution in [2.24, 2.45) is 5.92 Å². The van der Waals surface area contributed by atoms with Crippen molar-refractivity contribution in [2.45, 2.75) is 83.6 Å². The van der Waals surface area contributed by atoms with Crippen molar-refractivity contribution in [2.75, 3.05) is 19.6 Å². The minimum absolute atomic E-state index is 0.420. The predicted octanol–water partition coefficient (Wildman–Crippen LogP) is 3.73. The first-order valence-corrected chi connectivity index (χ1v) is 9.30. The molecule has 0 radical (unpaired) electrons. The van der Waals surface area contributed by atoms with E-state index in [1.54, 1.807) is 0 Å². The van der Waals surface area contributed by atoms with Gasteiger partial charge in [0.2, 0.25) is 5.91 Å². The topological polar surface area (TPSA) is 32.3 Å². The van der Waals surface area contributed by atoms with Crippen molar-refractivity contribution in [1.82, 2.24) is 10.2 Å². The zero-order valence-electron chi connectivity index (χ0n) is 13.9. The lowest BCUT2D eigenvalue weighted by molar-refractivity contribution is -0.132. The Bertz CT molecular complexity index is 292. The van der Waals surface area contributed by atoms with Crippen molar-refractivity contribution in [3.63, 3.8) is 0 Å². The molecular formula is C18H34N2O. The van der Waals surface area contributed by atoms with Crippen LogP contribution in [0.5, 0.6) is 0 Å². The fourth-order valence-electron chi connectivity index (χ4n) is 3.79. The molecule has 0 bridgehead atoms. The average Bonchev–Trinajstić information content (AvgIpc) is 2.86. The molecule has 122 valence electrons. The molecule has 0 aromatic rings. The van der Waals surface area contributed by atoms with Crippen molar-refractivity contribution in [1.29, 1.82) is 0 Å². The molecular weight excluding hydrogens is 260 g/mol. The van der Waals surface area contributed by atoms with E-state index in [1.165, 1.54) is 57.8 Å². The molecule has 3 heteroatoms. The Morgan fingerprint density at radius 1 is 1.10 bits per heavy atom. The molecule has 1 aliphatic carbocycles. The lowest BCUT2D eigenvalue weighted by Gasteiger charge is -2.27. The van der Waals surface area contributed by atoms with Crippen molar-refractivity contribution >= 4 is 5.91 Å². The summed E-state index contributed by atoms with van der Waals surface area (Å²) >= 11 is 0. The van der Waals surface area contributed by atoms with Crippen molar-refractivity contribution < 1.29 is 4.79 Å². The molecule has 1 atom stereocenters. The van der Waals surface area contributed by atoms with Crippen LogP contribution in [0.25, 0.3) is 0 Å². The second-order valence-electron chi connectivity index (χ2n) is 7.05. The van der Waals surface area contributed by atoms with Crippen LogP contribution in [0.3, 0.4) is 0 Å². The first-order chi connectivity index (χ1) is 10.3. The standard InChI is InChI=1S/C18H34N2O/c1-2-3-13-20(15-17-11-8-12-19-17)18(21)14-16-9-6-4-5-7-10-16/h16-17,19H,2-15H2,1H3. The molecule has 2 aliphatic rings. The monoisotopic (exact) mass is 294 g/mol. The maximum absolute atomic E-state index is 12.7. The SMILES string of the molecule is CCCCN(CC1CCCN1)C(=O)CC1CCCCCC1. The maximum Gasteiger partial charge on any atom is 0.222 e. The number of carbonyl (C=O) groups is 1. The van der Waals surface area contributed by atoms with Crippen LogP contribution in [0.1, 0.15) is 77.6 Å². The molecule has 2 rings (SSSR count). The van der Waals surface area contributed by atoms with Crippen LogP contribution < -0.4 is 5.32 Å². The molecule has 1 N–H and O–H groups in total. The van der Waals surface area contributed by atoms with Crippen LogP contribution >= 0.6 is 0 Å². The zero-order chi connectivity index (χ0) is 14.9. The molecule has 0 aromatic heterocycles. The number of amides is 1. The van der Waals surface area contributed by atoms with E-state index in [0.29, 0.717) is 17.9 Å². The molecule has 0 aromatic carbocycles. The van der Waals surface area contributed by atoms with Gasteiger partial charge in [-0.3, -0.25) is 4.79 Å². The number of hydrogen-bond donors (Lipinski definition) is 1. The first-order valence-electron chi connectivity index (χ1n) is 9.30. The van der Waals surface area contributed by atoms with Crippen LogP contribution in [0.15, 0.2) is 0 Å². The highest BCUT2D eigenvalue weighted by atomic mass is 16.2. The Morgan fingerprint density at radius 2 is 1.86 bits per heavy atom. The summed E-state index contributed by atoms with van der Waals surface area (Å²) in [6, 6.07) is 0.542. The maximum atomic E-state index is 12.7. The largest absolute Gasteiger partial charge is 0.341 e. The minimum atomic E-state index is 0.420. The fraction of sp³-hybridized carbons (Fsp3) is 0.944. The Kier molecular flexibility index (Phi) is 7.56. The highest BCUT2D eigenvalue weighted by Gasteiger charge is 2.23. The Labute approximate surface area is 130 Å². The number of nitrogens with one attached hydrogen (secondary N) is 1. The number of nitrogens with zero attached hydrogens (tertiary/aromatic N) is 1. The van der Waals surface area contributed by atoms with Crippen molar-refractivity contribution in [3.8, 4) is 0 Å². The predicted molar refractivity (Wildman–Crippen MR) is 88.3 cm³/mol. The van der Waals surface area contributed by atoms with E-state index in [9.17, 15) is 4.79 Å². The van der Waals surface area contributed by atoms with Gasteiger partial charge >= 0.3 is 0 Å². The van der Waals surface area contributed by atoms with Gasteiger partial charge in [-0.2, -0.15) is 0 Å². The van der Waals surface area contributed by atoms with E-state index in [1.807, 2.05) is 0 Å². The number of unbranched alkanes of at least 4 members (excludes halogenated alkanes) is 1. The van der Waals surface area contributed by atoms with E-state index in [0.717, 1.165) is 32.5 Å². The van der Waals surface area contributed by atoms with Crippen molar-refractivity contribution in [3.05, 3.63) is 0 Å². The highest BCUT2D eigenvalue weighted by molar-refractivity contribution is 5.76. The van der Waals surface area contributed by atoms with Gasteiger partial charge in [0.25, 0.3) is 0 Å². The third-order valence-corrected chi connectivity index (χ3v) is 5.18. The summed E-state index contributed by atoms with van der Waals surface area (Å²) in [5.74, 6) is 1.07. The minimum Gasteiger partial charge on any atom is -0.341 e. The molecule has 0 spiro atoms. The second-order valence-corrected chi connectivity index (χ2v) is 7.05. The molecule has 3 nitrogen and oxygen atoms in total. The van der Waals surface area contributed by atoms with Gasteiger partial charge in [-0.25, -0.2) is 0 Å². The number of carbonyl (C=O) groups excluding carboxylic acids is 1. The third-order valence-electron chi connectivity index (χ3n) is 5.18. The summed E-state index contributed by atoms with van der Waals surface area (Å²) in [5, 5.41) is 3.54. The van der Waals surface area contributed by atoms with Crippen LogP contribution in [-0.4, -0.2) is 36.5 Å². The van der Waals surface area contributed by atoms with E-state index >= 15 is 0 Å². The molecule has 1 aliphatic heterocycles. The summed E-state index contributed by atoms with van der Waals surface area (Å²) in [6.07, 6.45) is 13.6. The first kappa shape index (κ1) is 16.8. The molecule has 1 heterocycles. The molecule has 1 saturated carbocycles. The van der Waals surface area contributed by atoms with Gasteiger partial charge in [0, 0.05) is 25.6 Å². The van der Waals surface area contributed by atoms with Crippen LogP contribution in [0, 0.1) is 5.92 Å². The summed E-state index contributed by atoms with van der Waals surface area (Å²) in [5.41, 5.74) is 0. The van der Waals surface area contributed by atoms with Gasteiger partial charge < -0.3 is 10.2 Å². The lowest BCUT2D eigenvalue weighted by Crippen LogP contribution is -2.42. The quantitative estimate of drug-likeness (QED) is 0.726. The molecule has 1 unspecified atom stereocenters. The summed E-state index contributed by atoms with van der Waals surface area (Å²) in [6.45, 7) is 5.23. The van der Waals surface area contributed by atoms with Gasteiger partial charge in [-0.1, -0.05) is 39.0 Å². The second kappa shape index (κ2) is 9.45. The van der Waals surface area contributed by atoms with Gasteiger partial charge in [-0.15, -0.1) is 0 Å². The summed E-state index contributed by atoms with van der Waals surface area (Å²) in [7, 11) is 0. The summed E-state index contributed by atoms with van der Waals surface area (Å²) in [4.78, 5) is 14.9. The average molecular weight is 294 g/mol. The highest BCUT2D eigenvalue weighted by Crippen LogP contribution is 2.26. The molecule has 1 saturated heterocycles. The van der Waals surface area contributed by atoms with E-state index in [4.69, 9.17) is 0 Å². The number of rotatable bonds is 7. The van der Waals surface area contributed by atoms with Gasteiger partial charge in [-0.05, 0) is 44.6 Å². The summed E-state index contributed by atoms with van der Waals surface area (Å²) < 4.78 is 0.